The molecule has 1 aliphatic heterocycles. The third-order valence-corrected chi connectivity index (χ3v) is 8.36. The molecular weight excluding hydrogens is 508 g/mol. The van der Waals surface area contributed by atoms with E-state index in [9.17, 15) is 23.1 Å². The highest BCUT2D eigenvalue weighted by Crippen LogP contribution is 2.35. The van der Waals surface area contributed by atoms with Gasteiger partial charge < -0.3 is 25.4 Å². The van der Waals surface area contributed by atoms with Gasteiger partial charge in [-0.25, -0.2) is 13.2 Å². The fourth-order valence-corrected chi connectivity index (χ4v) is 5.41. The first-order valence-electron chi connectivity index (χ1n) is 12.7. The number of ether oxygens (including phenoxy) is 1. The average molecular weight is 547 g/mol. The molecule has 3 amide bonds. The number of likely N-dealkylation sites (N-methyl/N-ethyl adjacent to an activating group) is 1. The maximum absolute atomic E-state index is 13.6. The maximum atomic E-state index is 13.6. The molecule has 3 rings (SSSR count). The van der Waals surface area contributed by atoms with Crippen molar-refractivity contribution in [1.29, 1.82) is 0 Å². The molecule has 0 bridgehead atoms. The van der Waals surface area contributed by atoms with Crippen LogP contribution in [0.3, 0.4) is 0 Å². The lowest BCUT2D eigenvalue weighted by molar-refractivity contribution is 0.0389. The topological polar surface area (TPSA) is 128 Å². The number of urea groups is 1. The molecule has 3 atom stereocenters. The van der Waals surface area contributed by atoms with Gasteiger partial charge in [0, 0.05) is 25.6 Å². The number of carbonyl (C=O) groups is 2. The zero-order chi connectivity index (χ0) is 28.2. The van der Waals surface area contributed by atoms with Crippen molar-refractivity contribution in [2.45, 2.75) is 57.7 Å². The number of aryl methyl sites for hydroxylation is 1. The predicted octanol–water partition coefficient (Wildman–Crippen LogP) is 3.07. The van der Waals surface area contributed by atoms with E-state index in [2.05, 4.69) is 10.6 Å². The number of aliphatic hydroxyl groups excluding tert-OH is 1. The molecule has 0 aromatic heterocycles. The minimum atomic E-state index is -3.81. The summed E-state index contributed by atoms with van der Waals surface area (Å²) in [6, 6.07) is 10.4. The van der Waals surface area contributed by atoms with Crippen LogP contribution in [0.25, 0.3) is 0 Å². The van der Waals surface area contributed by atoms with E-state index in [-0.39, 0.29) is 59.5 Å². The molecule has 2 aromatic carbocycles. The van der Waals surface area contributed by atoms with Gasteiger partial charge in [0.1, 0.15) is 6.10 Å². The number of anilines is 1. The van der Waals surface area contributed by atoms with Crippen LogP contribution in [-0.2, 0) is 10.0 Å². The van der Waals surface area contributed by atoms with Crippen molar-refractivity contribution >= 4 is 27.6 Å². The third-order valence-electron chi connectivity index (χ3n) is 6.53. The van der Waals surface area contributed by atoms with Gasteiger partial charge in [-0.2, -0.15) is 4.31 Å². The highest BCUT2D eigenvalue weighted by molar-refractivity contribution is 7.89. The molecule has 0 unspecified atom stereocenters. The van der Waals surface area contributed by atoms with E-state index in [1.165, 1.54) is 11.4 Å². The summed E-state index contributed by atoms with van der Waals surface area (Å²) in [5, 5.41) is 15.3. The summed E-state index contributed by atoms with van der Waals surface area (Å²) >= 11 is 0. The highest BCUT2D eigenvalue weighted by atomic mass is 32.2. The summed E-state index contributed by atoms with van der Waals surface area (Å²) in [4.78, 5) is 27.8. The van der Waals surface area contributed by atoms with Gasteiger partial charge in [0.2, 0.25) is 10.0 Å². The number of hydrogen-bond acceptors (Lipinski definition) is 6. The predicted molar refractivity (Wildman–Crippen MR) is 146 cm³/mol. The minimum Gasteiger partial charge on any atom is -0.486 e. The summed E-state index contributed by atoms with van der Waals surface area (Å²) in [6.45, 7) is 9.15. The maximum Gasteiger partial charge on any atom is 0.319 e. The molecule has 0 spiro atoms. The highest BCUT2D eigenvalue weighted by Gasteiger charge is 2.36. The van der Waals surface area contributed by atoms with Gasteiger partial charge >= 0.3 is 6.03 Å². The lowest BCUT2D eigenvalue weighted by Crippen LogP contribution is -2.50. The summed E-state index contributed by atoms with van der Waals surface area (Å²) < 4.78 is 34.3. The van der Waals surface area contributed by atoms with Crippen LogP contribution in [-0.4, -0.2) is 79.6 Å². The number of rotatable bonds is 8. The van der Waals surface area contributed by atoms with Crippen molar-refractivity contribution in [2.75, 3.05) is 32.1 Å². The van der Waals surface area contributed by atoms with Crippen LogP contribution in [0.2, 0.25) is 0 Å². The lowest BCUT2D eigenvalue weighted by Gasteiger charge is -2.38. The van der Waals surface area contributed by atoms with E-state index in [0.717, 1.165) is 5.56 Å². The minimum absolute atomic E-state index is 0.00111. The van der Waals surface area contributed by atoms with E-state index in [0.29, 0.717) is 0 Å². The smallest absolute Gasteiger partial charge is 0.319 e. The van der Waals surface area contributed by atoms with Crippen molar-refractivity contribution in [3.05, 3.63) is 53.6 Å². The van der Waals surface area contributed by atoms with Gasteiger partial charge in [-0.3, -0.25) is 4.79 Å². The van der Waals surface area contributed by atoms with E-state index in [1.807, 2.05) is 27.7 Å². The fourth-order valence-electron chi connectivity index (χ4n) is 4.22. The molecule has 2 aromatic rings. The van der Waals surface area contributed by atoms with Crippen LogP contribution in [0, 0.1) is 12.8 Å². The Morgan fingerprint density at radius 1 is 1.18 bits per heavy atom. The first kappa shape index (κ1) is 29.4. The number of nitrogens with zero attached hydrogens (tertiary/aromatic N) is 2. The molecule has 3 N–H and O–H groups in total. The second-order valence-electron chi connectivity index (χ2n) is 10.2. The first-order chi connectivity index (χ1) is 17.8. The number of benzene rings is 2. The van der Waals surface area contributed by atoms with E-state index in [1.54, 1.807) is 54.3 Å². The molecule has 38 heavy (non-hydrogen) atoms. The van der Waals surface area contributed by atoms with Crippen molar-refractivity contribution in [1.82, 2.24) is 14.5 Å². The van der Waals surface area contributed by atoms with Crippen molar-refractivity contribution in [3.8, 4) is 5.75 Å². The molecule has 208 valence electrons. The number of amides is 3. The standard InChI is InChI=1S/C27H38N4O6S/c1-17(2)28-27(34)29-23-9-7-8-22-25(23)37-24(19(4)14-31(26(22)33)20(5)16-32)15-30(6)38(35,36)21-12-10-18(3)11-13-21/h7-13,17,19-20,24,32H,14-16H2,1-6H3,(H2,28,29,34)/t19-,20+,24-/m0/s1. The summed E-state index contributed by atoms with van der Waals surface area (Å²) in [7, 11) is -2.32. The van der Waals surface area contributed by atoms with Crippen molar-refractivity contribution in [2.24, 2.45) is 5.92 Å². The largest absolute Gasteiger partial charge is 0.486 e. The normalized spacial score (nSPS) is 18.9. The molecule has 10 nitrogen and oxygen atoms in total. The van der Waals surface area contributed by atoms with Crippen LogP contribution < -0.4 is 15.4 Å². The third kappa shape index (κ3) is 6.64. The Labute approximate surface area is 225 Å². The Morgan fingerprint density at radius 2 is 1.84 bits per heavy atom. The monoisotopic (exact) mass is 546 g/mol. The van der Waals surface area contributed by atoms with Gasteiger partial charge in [-0.05, 0) is 52.0 Å². The van der Waals surface area contributed by atoms with Crippen molar-refractivity contribution in [3.63, 3.8) is 0 Å². The number of para-hydroxylation sites is 1. The molecule has 11 heteroatoms. The van der Waals surface area contributed by atoms with Crippen molar-refractivity contribution < 1.29 is 27.9 Å². The molecule has 0 saturated carbocycles. The van der Waals surface area contributed by atoms with E-state index < -0.39 is 28.2 Å². The molecule has 0 saturated heterocycles. The zero-order valence-electron chi connectivity index (χ0n) is 22.8. The SMILES string of the molecule is Cc1ccc(S(=O)(=O)N(C)C[C@@H]2Oc3c(NC(=O)NC(C)C)cccc3C(=O)N([C@H](C)CO)C[C@@H]2C)cc1. The molecule has 0 radical (unpaired) electrons. The molecule has 1 aliphatic rings. The van der Waals surface area contributed by atoms with Gasteiger partial charge in [-0.1, -0.05) is 30.7 Å². The quantitative estimate of drug-likeness (QED) is 0.467. The number of sulfonamides is 1. The van der Waals surface area contributed by atoms with E-state index in [4.69, 9.17) is 4.74 Å². The Hall–Kier alpha value is -3.15. The summed E-state index contributed by atoms with van der Waals surface area (Å²) in [6.07, 6.45) is -0.670. The van der Waals surface area contributed by atoms with Gasteiger partial charge in [0.15, 0.2) is 5.75 Å². The second kappa shape index (κ2) is 12.1. The molecule has 0 fully saturated rings. The summed E-state index contributed by atoms with van der Waals surface area (Å²) in [5.74, 6) is -0.501. The van der Waals surface area contributed by atoms with Crippen LogP contribution in [0.4, 0.5) is 10.5 Å². The Morgan fingerprint density at radius 3 is 2.45 bits per heavy atom. The Kier molecular flexibility index (Phi) is 9.40. The number of fused-ring (bicyclic) bond motifs is 1. The van der Waals surface area contributed by atoms with Gasteiger partial charge in [0.05, 0.1) is 35.3 Å². The van der Waals surface area contributed by atoms with Crippen LogP contribution >= 0.6 is 0 Å². The van der Waals surface area contributed by atoms with E-state index >= 15 is 0 Å². The average Bonchev–Trinajstić information content (AvgIpc) is 2.85. The Bertz CT molecular complexity index is 1250. The Balaban J connectivity index is 2.02. The number of hydrogen-bond donors (Lipinski definition) is 3. The van der Waals surface area contributed by atoms with Crippen LogP contribution in [0.5, 0.6) is 5.75 Å². The van der Waals surface area contributed by atoms with Crippen LogP contribution in [0.1, 0.15) is 43.6 Å². The van der Waals surface area contributed by atoms with Gasteiger partial charge in [0.25, 0.3) is 5.91 Å². The molecular formula is C27H38N4O6S. The molecule has 0 aliphatic carbocycles. The number of aliphatic hydroxyl groups is 1. The lowest BCUT2D eigenvalue weighted by atomic mass is 9.99. The fraction of sp³-hybridized carbons (Fsp3) is 0.481. The summed E-state index contributed by atoms with van der Waals surface area (Å²) in [5.41, 5.74) is 1.45. The zero-order valence-corrected chi connectivity index (χ0v) is 23.6. The second-order valence-corrected chi connectivity index (χ2v) is 12.2. The molecule has 1 heterocycles. The van der Waals surface area contributed by atoms with Crippen LogP contribution in [0.15, 0.2) is 47.4 Å². The number of carbonyl (C=O) groups excluding carboxylic acids is 2. The number of nitrogens with one attached hydrogen (secondary N) is 2. The first-order valence-corrected chi connectivity index (χ1v) is 14.1. The van der Waals surface area contributed by atoms with Gasteiger partial charge in [-0.15, -0.1) is 0 Å².